The van der Waals surface area contributed by atoms with Crippen LogP contribution in [0, 0.1) is 11.3 Å². The van der Waals surface area contributed by atoms with Crippen molar-refractivity contribution in [2.45, 2.75) is 32.2 Å². The monoisotopic (exact) mass is 169 g/mol. The lowest BCUT2D eigenvalue weighted by atomic mass is 9.71. The van der Waals surface area contributed by atoms with E-state index in [1.54, 1.807) is 0 Å². The maximum Gasteiger partial charge on any atom is 0.245 e. The fourth-order valence-corrected chi connectivity index (χ4v) is 2.78. The zero-order valence-corrected chi connectivity index (χ0v) is 7.34. The molecule has 0 unspecified atom stereocenters. The van der Waals surface area contributed by atoms with Gasteiger partial charge in [-0.2, -0.15) is 0 Å². The van der Waals surface area contributed by atoms with Gasteiger partial charge in [0.2, 0.25) is 5.91 Å². The minimum atomic E-state index is -0.375. The number of carbonyl (C=O) groups excluding carboxylic acids is 1. The Kier molecular flexibility index (Phi) is 1.65. The van der Waals surface area contributed by atoms with E-state index in [4.69, 9.17) is 5.11 Å². The Morgan fingerprint density at radius 1 is 1.58 bits per heavy atom. The molecule has 3 fully saturated rings. The Morgan fingerprint density at radius 2 is 2.25 bits per heavy atom. The molecule has 1 amide bonds. The lowest BCUT2D eigenvalue weighted by Crippen LogP contribution is -2.38. The van der Waals surface area contributed by atoms with Crippen molar-refractivity contribution in [3.8, 4) is 0 Å². The summed E-state index contributed by atoms with van der Waals surface area (Å²) >= 11 is 0. The number of fused-ring (bicyclic) bond motifs is 1. The van der Waals surface area contributed by atoms with E-state index in [1.807, 2.05) is 0 Å². The summed E-state index contributed by atoms with van der Waals surface area (Å²) in [4.78, 5) is 10.9. The topological polar surface area (TPSA) is 49.3 Å². The van der Waals surface area contributed by atoms with Gasteiger partial charge in [-0.05, 0) is 30.6 Å². The molecule has 1 atom stereocenters. The molecule has 0 aromatic heterocycles. The Hall–Kier alpha value is -0.570. The predicted octanol–water partition coefficient (Wildman–Crippen LogP) is 0.283. The van der Waals surface area contributed by atoms with E-state index in [1.165, 1.54) is 12.8 Å². The molecule has 0 aromatic rings. The summed E-state index contributed by atoms with van der Waals surface area (Å²) in [5.74, 6) is 0.460. The van der Waals surface area contributed by atoms with Gasteiger partial charge in [0.15, 0.2) is 0 Å². The SMILES string of the molecule is CC12CC(C1)[C@@H](NC(=O)CO)C2. The largest absolute Gasteiger partial charge is 0.387 e. The summed E-state index contributed by atoms with van der Waals surface area (Å²) in [6.07, 6.45) is 3.61. The summed E-state index contributed by atoms with van der Waals surface area (Å²) in [5, 5.41) is 11.4. The lowest BCUT2D eigenvalue weighted by molar-refractivity contribution is -0.124. The molecule has 3 saturated carbocycles. The maximum absolute atomic E-state index is 10.9. The van der Waals surface area contributed by atoms with Gasteiger partial charge in [-0.25, -0.2) is 0 Å². The third-order valence-corrected chi connectivity index (χ3v) is 3.28. The number of carbonyl (C=O) groups is 1. The lowest BCUT2D eigenvalue weighted by Gasteiger charge is -2.34. The van der Waals surface area contributed by atoms with Gasteiger partial charge >= 0.3 is 0 Å². The second-order valence-electron chi connectivity index (χ2n) is 4.52. The van der Waals surface area contributed by atoms with Gasteiger partial charge in [0.25, 0.3) is 0 Å². The zero-order chi connectivity index (χ0) is 8.77. The molecular formula is C9H15NO2. The molecule has 0 aromatic carbocycles. The number of nitrogens with one attached hydrogen (secondary N) is 1. The molecule has 0 heterocycles. The van der Waals surface area contributed by atoms with E-state index in [0.717, 1.165) is 6.42 Å². The second kappa shape index (κ2) is 2.46. The van der Waals surface area contributed by atoms with Crippen LogP contribution in [0.2, 0.25) is 0 Å². The van der Waals surface area contributed by atoms with Crippen LogP contribution in [0.5, 0.6) is 0 Å². The molecule has 68 valence electrons. The molecule has 2 bridgehead atoms. The molecule has 0 aliphatic heterocycles. The van der Waals surface area contributed by atoms with Gasteiger partial charge in [-0.15, -0.1) is 0 Å². The smallest absolute Gasteiger partial charge is 0.245 e. The first-order chi connectivity index (χ1) is 5.63. The normalized spacial score (nSPS) is 43.8. The van der Waals surface area contributed by atoms with Crippen LogP contribution in [0.3, 0.4) is 0 Å². The number of aliphatic hydroxyl groups excluding tert-OH is 1. The molecule has 12 heavy (non-hydrogen) atoms. The molecular weight excluding hydrogens is 154 g/mol. The Labute approximate surface area is 72.2 Å². The van der Waals surface area contributed by atoms with Gasteiger partial charge in [-0.3, -0.25) is 4.79 Å². The van der Waals surface area contributed by atoms with E-state index < -0.39 is 0 Å². The number of hydrogen-bond acceptors (Lipinski definition) is 2. The van der Waals surface area contributed by atoms with Crippen molar-refractivity contribution in [3.63, 3.8) is 0 Å². The van der Waals surface area contributed by atoms with Crippen LogP contribution in [-0.2, 0) is 4.79 Å². The minimum absolute atomic E-state index is 0.226. The Bertz CT molecular complexity index is 209. The fourth-order valence-electron chi connectivity index (χ4n) is 2.78. The van der Waals surface area contributed by atoms with E-state index in [2.05, 4.69) is 12.2 Å². The number of aliphatic hydroxyl groups is 1. The van der Waals surface area contributed by atoms with Crippen molar-refractivity contribution < 1.29 is 9.90 Å². The van der Waals surface area contributed by atoms with Gasteiger partial charge < -0.3 is 10.4 Å². The number of hydrogen-bond donors (Lipinski definition) is 2. The van der Waals surface area contributed by atoms with Crippen LogP contribution in [-0.4, -0.2) is 23.7 Å². The van der Waals surface area contributed by atoms with E-state index in [9.17, 15) is 4.79 Å². The second-order valence-corrected chi connectivity index (χ2v) is 4.52. The van der Waals surface area contributed by atoms with Crippen molar-refractivity contribution >= 4 is 5.91 Å². The first-order valence-electron chi connectivity index (χ1n) is 4.53. The summed E-state index contributed by atoms with van der Waals surface area (Å²) in [6, 6.07) is 0.342. The quantitative estimate of drug-likeness (QED) is 0.624. The van der Waals surface area contributed by atoms with Crippen LogP contribution in [0.25, 0.3) is 0 Å². The fraction of sp³-hybridized carbons (Fsp3) is 0.889. The maximum atomic E-state index is 10.9. The van der Waals surface area contributed by atoms with Gasteiger partial charge in [0, 0.05) is 6.04 Å². The molecule has 0 radical (unpaired) electrons. The average Bonchev–Trinajstić information content (AvgIpc) is 2.40. The van der Waals surface area contributed by atoms with Crippen molar-refractivity contribution in [2.24, 2.45) is 11.3 Å². The van der Waals surface area contributed by atoms with Gasteiger partial charge in [0.1, 0.15) is 6.61 Å². The van der Waals surface area contributed by atoms with Crippen LogP contribution < -0.4 is 5.32 Å². The first kappa shape index (κ1) is 8.05. The van der Waals surface area contributed by atoms with E-state index >= 15 is 0 Å². The summed E-state index contributed by atoms with van der Waals surface area (Å²) in [5.41, 5.74) is 0.498. The molecule has 3 nitrogen and oxygen atoms in total. The Morgan fingerprint density at radius 3 is 2.67 bits per heavy atom. The van der Waals surface area contributed by atoms with E-state index in [-0.39, 0.29) is 12.5 Å². The molecule has 0 saturated heterocycles. The summed E-state index contributed by atoms with van der Waals surface area (Å²) in [6.45, 7) is 1.90. The summed E-state index contributed by atoms with van der Waals surface area (Å²) < 4.78 is 0. The zero-order valence-electron chi connectivity index (χ0n) is 7.34. The molecule has 3 aliphatic carbocycles. The number of amides is 1. The van der Waals surface area contributed by atoms with Crippen molar-refractivity contribution in [1.29, 1.82) is 0 Å². The highest BCUT2D eigenvalue weighted by atomic mass is 16.3. The highest BCUT2D eigenvalue weighted by Crippen LogP contribution is 2.58. The average molecular weight is 169 g/mol. The van der Waals surface area contributed by atoms with Gasteiger partial charge in [0.05, 0.1) is 0 Å². The third-order valence-electron chi connectivity index (χ3n) is 3.28. The van der Waals surface area contributed by atoms with Crippen molar-refractivity contribution in [1.82, 2.24) is 5.32 Å². The molecule has 2 N–H and O–H groups in total. The van der Waals surface area contributed by atoms with Crippen molar-refractivity contribution in [2.75, 3.05) is 6.61 Å². The highest BCUT2D eigenvalue weighted by molar-refractivity contribution is 5.77. The van der Waals surface area contributed by atoms with Crippen molar-refractivity contribution in [3.05, 3.63) is 0 Å². The van der Waals surface area contributed by atoms with Crippen LogP contribution in [0.1, 0.15) is 26.2 Å². The molecule has 3 heteroatoms. The van der Waals surface area contributed by atoms with Crippen LogP contribution in [0.4, 0.5) is 0 Å². The molecule has 3 rings (SSSR count). The third kappa shape index (κ3) is 1.12. The van der Waals surface area contributed by atoms with E-state index in [0.29, 0.717) is 17.4 Å². The van der Waals surface area contributed by atoms with Crippen LogP contribution in [0.15, 0.2) is 0 Å². The highest BCUT2D eigenvalue weighted by Gasteiger charge is 2.53. The Balaban J connectivity index is 1.88. The summed E-state index contributed by atoms with van der Waals surface area (Å²) in [7, 11) is 0. The minimum Gasteiger partial charge on any atom is -0.387 e. The standard InChI is InChI=1S/C9H15NO2/c1-9-2-6(3-9)7(4-9)10-8(12)5-11/h6-7,11H,2-5H2,1H3,(H,10,12)/t6?,7-,9?/m0/s1. The number of rotatable bonds is 2. The molecule has 3 aliphatic rings. The van der Waals surface area contributed by atoms with Crippen LogP contribution >= 0.6 is 0 Å². The predicted molar refractivity (Wildman–Crippen MR) is 44.5 cm³/mol. The first-order valence-corrected chi connectivity index (χ1v) is 4.53. The molecule has 0 spiro atoms. The van der Waals surface area contributed by atoms with Gasteiger partial charge in [-0.1, -0.05) is 6.92 Å².